The lowest BCUT2D eigenvalue weighted by Gasteiger charge is -2.21. The number of fused-ring (bicyclic) bond motifs is 1. The van der Waals surface area contributed by atoms with Gasteiger partial charge >= 0.3 is 0 Å². The summed E-state index contributed by atoms with van der Waals surface area (Å²) in [6.45, 7) is 1.86. The Bertz CT molecular complexity index is 429. The zero-order chi connectivity index (χ0) is 13.1. The van der Waals surface area contributed by atoms with Gasteiger partial charge in [-0.05, 0) is 56.0 Å². The van der Waals surface area contributed by atoms with Gasteiger partial charge in [0.05, 0.1) is 6.61 Å². The largest absolute Gasteiger partial charge is 0.381 e. The smallest absolute Gasteiger partial charge is 0.0510 e. The van der Waals surface area contributed by atoms with Crippen molar-refractivity contribution >= 4 is 11.8 Å². The van der Waals surface area contributed by atoms with Gasteiger partial charge in [0.2, 0.25) is 0 Å². The SMILES string of the molecule is CNC(CSc1ccc2c(c1)CCC2)C1CCOC1. The summed E-state index contributed by atoms with van der Waals surface area (Å²) in [6.07, 6.45) is 5.09. The lowest BCUT2D eigenvalue weighted by molar-refractivity contribution is 0.180. The van der Waals surface area contributed by atoms with Crippen molar-refractivity contribution in [3.63, 3.8) is 0 Å². The molecule has 1 aromatic rings. The molecular weight excluding hydrogens is 254 g/mol. The van der Waals surface area contributed by atoms with E-state index < -0.39 is 0 Å². The first-order valence-corrected chi connectivity index (χ1v) is 8.35. The summed E-state index contributed by atoms with van der Waals surface area (Å²) in [7, 11) is 2.08. The molecule has 3 rings (SSSR count). The summed E-state index contributed by atoms with van der Waals surface area (Å²) >= 11 is 1.99. The highest BCUT2D eigenvalue weighted by Crippen LogP contribution is 2.29. The van der Waals surface area contributed by atoms with Gasteiger partial charge in [-0.25, -0.2) is 0 Å². The van der Waals surface area contributed by atoms with Crippen molar-refractivity contribution in [2.45, 2.75) is 36.6 Å². The van der Waals surface area contributed by atoms with E-state index in [4.69, 9.17) is 4.74 Å². The second-order valence-corrected chi connectivity index (χ2v) is 6.71. The lowest BCUT2D eigenvalue weighted by atomic mass is 10.0. The zero-order valence-corrected chi connectivity index (χ0v) is 12.5. The quantitative estimate of drug-likeness (QED) is 0.836. The van der Waals surface area contributed by atoms with Crippen molar-refractivity contribution in [2.24, 2.45) is 5.92 Å². The first kappa shape index (κ1) is 13.5. The summed E-state index contributed by atoms with van der Waals surface area (Å²) in [4.78, 5) is 1.43. The Labute approximate surface area is 120 Å². The van der Waals surface area contributed by atoms with Crippen LogP contribution in [0.4, 0.5) is 0 Å². The number of benzene rings is 1. The van der Waals surface area contributed by atoms with E-state index in [9.17, 15) is 0 Å². The summed E-state index contributed by atoms with van der Waals surface area (Å²) in [6, 6.07) is 7.61. The predicted octanol–water partition coefficient (Wildman–Crippen LogP) is 2.89. The van der Waals surface area contributed by atoms with Crippen molar-refractivity contribution in [1.29, 1.82) is 0 Å². The highest BCUT2D eigenvalue weighted by Gasteiger charge is 2.24. The third kappa shape index (κ3) is 3.15. The van der Waals surface area contributed by atoms with Crippen LogP contribution in [0.5, 0.6) is 0 Å². The van der Waals surface area contributed by atoms with Gasteiger partial charge < -0.3 is 10.1 Å². The van der Waals surface area contributed by atoms with Gasteiger partial charge in [0.25, 0.3) is 0 Å². The molecule has 2 aliphatic rings. The van der Waals surface area contributed by atoms with Crippen LogP contribution in [-0.2, 0) is 17.6 Å². The molecule has 1 aromatic carbocycles. The number of ether oxygens (including phenoxy) is 1. The van der Waals surface area contributed by atoms with Crippen molar-refractivity contribution in [3.05, 3.63) is 29.3 Å². The van der Waals surface area contributed by atoms with Crippen LogP contribution < -0.4 is 5.32 Å². The molecule has 0 radical (unpaired) electrons. The molecule has 0 spiro atoms. The van der Waals surface area contributed by atoms with Crippen LogP contribution in [0.3, 0.4) is 0 Å². The Morgan fingerprint density at radius 1 is 1.37 bits per heavy atom. The molecule has 0 saturated carbocycles. The van der Waals surface area contributed by atoms with Crippen molar-refractivity contribution in [1.82, 2.24) is 5.32 Å². The molecule has 1 aliphatic carbocycles. The standard InChI is InChI=1S/C16H23NOS/c1-17-16(14-7-8-18-10-14)11-19-15-6-5-12-3-2-4-13(12)9-15/h5-6,9,14,16-17H,2-4,7-8,10-11H2,1H3. The molecule has 1 fully saturated rings. The first-order chi connectivity index (χ1) is 9.36. The maximum Gasteiger partial charge on any atom is 0.0510 e. The van der Waals surface area contributed by atoms with Crippen LogP contribution >= 0.6 is 11.8 Å². The summed E-state index contributed by atoms with van der Waals surface area (Å²) in [5, 5.41) is 3.47. The minimum absolute atomic E-state index is 0.570. The Hall–Kier alpha value is -0.510. The maximum absolute atomic E-state index is 5.50. The molecule has 104 valence electrons. The highest BCUT2D eigenvalue weighted by atomic mass is 32.2. The highest BCUT2D eigenvalue weighted by molar-refractivity contribution is 7.99. The Morgan fingerprint density at radius 3 is 3.05 bits per heavy atom. The van der Waals surface area contributed by atoms with E-state index in [2.05, 4.69) is 30.6 Å². The van der Waals surface area contributed by atoms with E-state index in [1.807, 2.05) is 11.8 Å². The molecule has 3 heteroatoms. The zero-order valence-electron chi connectivity index (χ0n) is 11.7. The summed E-state index contributed by atoms with van der Waals surface area (Å²) in [5.41, 5.74) is 3.15. The number of thioether (sulfide) groups is 1. The van der Waals surface area contributed by atoms with Crippen molar-refractivity contribution in [2.75, 3.05) is 26.0 Å². The molecule has 1 aliphatic heterocycles. The monoisotopic (exact) mass is 277 g/mol. The van der Waals surface area contributed by atoms with E-state index in [0.717, 1.165) is 19.0 Å². The Morgan fingerprint density at radius 2 is 2.26 bits per heavy atom. The number of aryl methyl sites for hydroxylation is 2. The topological polar surface area (TPSA) is 21.3 Å². The molecule has 2 unspecified atom stereocenters. The van der Waals surface area contributed by atoms with E-state index in [-0.39, 0.29) is 0 Å². The average Bonchev–Trinajstić information content (AvgIpc) is 3.10. The van der Waals surface area contributed by atoms with Gasteiger partial charge in [-0.3, -0.25) is 0 Å². The molecule has 2 atom stereocenters. The van der Waals surface area contributed by atoms with Crippen LogP contribution in [0.2, 0.25) is 0 Å². The fourth-order valence-corrected chi connectivity index (χ4v) is 4.35. The summed E-state index contributed by atoms with van der Waals surface area (Å²) in [5.74, 6) is 1.83. The third-order valence-corrected chi connectivity index (χ3v) is 5.52. The second-order valence-electron chi connectivity index (χ2n) is 5.61. The van der Waals surface area contributed by atoms with Crippen molar-refractivity contribution in [3.8, 4) is 0 Å². The lowest BCUT2D eigenvalue weighted by Crippen LogP contribution is -2.36. The van der Waals surface area contributed by atoms with Gasteiger partial charge in [0, 0.05) is 29.2 Å². The van der Waals surface area contributed by atoms with Gasteiger partial charge in [-0.1, -0.05) is 6.07 Å². The van der Waals surface area contributed by atoms with Gasteiger partial charge in [0.1, 0.15) is 0 Å². The van der Waals surface area contributed by atoms with Gasteiger partial charge in [-0.2, -0.15) is 0 Å². The molecule has 1 heterocycles. The maximum atomic E-state index is 5.50. The Kier molecular flexibility index (Phi) is 4.46. The van der Waals surface area contributed by atoms with Crippen LogP contribution in [0.25, 0.3) is 0 Å². The first-order valence-electron chi connectivity index (χ1n) is 7.36. The minimum Gasteiger partial charge on any atom is -0.381 e. The molecule has 2 nitrogen and oxygen atoms in total. The predicted molar refractivity (Wildman–Crippen MR) is 81.0 cm³/mol. The number of hydrogen-bond acceptors (Lipinski definition) is 3. The molecule has 0 aromatic heterocycles. The van der Waals surface area contributed by atoms with E-state index >= 15 is 0 Å². The van der Waals surface area contributed by atoms with Crippen molar-refractivity contribution < 1.29 is 4.74 Å². The molecule has 19 heavy (non-hydrogen) atoms. The number of hydrogen-bond donors (Lipinski definition) is 1. The summed E-state index contributed by atoms with van der Waals surface area (Å²) < 4.78 is 5.50. The molecule has 1 N–H and O–H groups in total. The van der Waals surface area contributed by atoms with Crippen LogP contribution in [-0.4, -0.2) is 32.1 Å². The second kappa shape index (κ2) is 6.29. The van der Waals surface area contributed by atoms with Crippen LogP contribution in [0, 0.1) is 5.92 Å². The fourth-order valence-electron chi connectivity index (χ4n) is 3.15. The molecule has 0 bridgehead atoms. The molecule has 0 amide bonds. The number of nitrogens with one attached hydrogen (secondary N) is 1. The van der Waals surface area contributed by atoms with E-state index in [1.165, 1.54) is 30.6 Å². The van der Waals surface area contributed by atoms with Crippen LogP contribution in [0.15, 0.2) is 23.1 Å². The van der Waals surface area contributed by atoms with E-state index in [1.54, 1.807) is 11.1 Å². The molecule has 1 saturated heterocycles. The molecular formula is C16H23NOS. The fraction of sp³-hybridized carbons (Fsp3) is 0.625. The normalized spacial score (nSPS) is 23.5. The Balaban J connectivity index is 1.58. The van der Waals surface area contributed by atoms with Gasteiger partial charge in [-0.15, -0.1) is 11.8 Å². The average molecular weight is 277 g/mol. The number of rotatable bonds is 5. The third-order valence-electron chi connectivity index (χ3n) is 4.40. The van der Waals surface area contributed by atoms with E-state index in [0.29, 0.717) is 12.0 Å². The minimum atomic E-state index is 0.570. The van der Waals surface area contributed by atoms with Gasteiger partial charge in [0.15, 0.2) is 0 Å². The van der Waals surface area contributed by atoms with Crippen LogP contribution in [0.1, 0.15) is 24.0 Å².